The zero-order chi connectivity index (χ0) is 7.61. The quantitative estimate of drug-likeness (QED) is 0.429. The molecule has 0 aromatic heterocycles. The monoisotopic (exact) mass is 276 g/mol. The van der Waals surface area contributed by atoms with Crippen LogP contribution in [0.1, 0.15) is 6.42 Å². The number of halogens is 1. The zero-order valence-corrected chi connectivity index (χ0v) is 8.80. The normalized spacial score (nSPS) is 40.5. The van der Waals surface area contributed by atoms with Crippen LogP contribution in [0.5, 0.6) is 0 Å². The van der Waals surface area contributed by atoms with E-state index in [4.69, 9.17) is 9.05 Å². The maximum absolute atomic E-state index is 11.3. The van der Waals surface area contributed by atoms with Gasteiger partial charge in [-0.25, -0.2) is 9.05 Å². The van der Waals surface area contributed by atoms with Gasteiger partial charge in [-0.3, -0.25) is 0 Å². The highest BCUT2D eigenvalue weighted by Crippen LogP contribution is 2.58. The fraction of sp³-hybridized carbons (Fsp3) is 1.00. The van der Waals surface area contributed by atoms with Crippen LogP contribution in [0.4, 0.5) is 0 Å². The Morgan fingerprint density at radius 1 is 1.90 bits per heavy atom. The van der Waals surface area contributed by atoms with E-state index in [0.29, 0.717) is 6.16 Å². The largest absolute Gasteiger partial charge is 0.631 e. The summed E-state index contributed by atoms with van der Waals surface area (Å²) in [5, 5.41) is 0. The first-order chi connectivity index (χ1) is 4.70. The van der Waals surface area contributed by atoms with Gasteiger partial charge < -0.3 is 4.89 Å². The summed E-state index contributed by atoms with van der Waals surface area (Å²) in [4.78, 5) is 11.3. The van der Waals surface area contributed by atoms with Crippen LogP contribution in [0, 0.1) is 0 Å². The van der Waals surface area contributed by atoms with Gasteiger partial charge in [-0.05, 0) is 0 Å². The average Bonchev–Trinajstić information content (AvgIpc) is 2.33. The highest BCUT2D eigenvalue weighted by molar-refractivity contribution is 14.1. The smallest absolute Gasteiger partial charge is 0.237 e. The Morgan fingerprint density at radius 3 is 2.90 bits per heavy atom. The van der Waals surface area contributed by atoms with E-state index < -0.39 is 7.94 Å². The van der Waals surface area contributed by atoms with E-state index >= 15 is 0 Å². The first kappa shape index (κ1) is 9.13. The van der Waals surface area contributed by atoms with Gasteiger partial charge in [-0.15, -0.1) is 0 Å². The third kappa shape index (κ3) is 2.01. The van der Waals surface area contributed by atoms with E-state index in [2.05, 4.69) is 22.6 Å². The van der Waals surface area contributed by atoms with Crippen LogP contribution in [-0.4, -0.2) is 23.8 Å². The molecule has 0 aromatic carbocycles. The molecule has 0 aliphatic carbocycles. The molecule has 1 fully saturated rings. The third-order valence-corrected chi connectivity index (χ3v) is 4.45. The van der Waals surface area contributed by atoms with Gasteiger partial charge in [0.15, 0.2) is 0 Å². The molecule has 0 spiro atoms. The highest BCUT2D eigenvalue weighted by atomic mass is 127. The Bertz CT molecular complexity index is 123. The minimum Gasteiger partial charge on any atom is -0.631 e. The predicted molar refractivity (Wildman–Crippen MR) is 47.2 cm³/mol. The van der Waals surface area contributed by atoms with E-state index in [-0.39, 0.29) is 6.10 Å². The average molecular weight is 276 g/mol. The van der Waals surface area contributed by atoms with Crippen molar-refractivity contribution >= 4 is 30.5 Å². The lowest BCUT2D eigenvalue weighted by Crippen LogP contribution is -2.13. The Morgan fingerprint density at radius 2 is 2.60 bits per heavy atom. The molecular weight excluding hydrogens is 266 g/mol. The highest BCUT2D eigenvalue weighted by Gasteiger charge is 2.39. The van der Waals surface area contributed by atoms with Crippen molar-refractivity contribution in [3.05, 3.63) is 0 Å². The summed E-state index contributed by atoms with van der Waals surface area (Å²) in [7, 11) is -1.19. The Balaban J connectivity index is 2.41. The Hall–Kier alpha value is 1.04. The van der Waals surface area contributed by atoms with Crippen molar-refractivity contribution in [3.63, 3.8) is 0 Å². The molecule has 1 aliphatic heterocycles. The van der Waals surface area contributed by atoms with Crippen molar-refractivity contribution in [1.82, 2.24) is 0 Å². The summed E-state index contributed by atoms with van der Waals surface area (Å²) in [6.45, 7) is 0. The molecule has 1 aliphatic rings. The van der Waals surface area contributed by atoms with Crippen molar-refractivity contribution < 1.29 is 13.9 Å². The fourth-order valence-electron chi connectivity index (χ4n) is 0.874. The molecule has 0 saturated carbocycles. The molecule has 60 valence electrons. The van der Waals surface area contributed by atoms with E-state index in [9.17, 15) is 4.89 Å². The lowest BCUT2D eigenvalue weighted by atomic mass is 10.3. The van der Waals surface area contributed by atoms with Crippen LogP contribution in [0.2, 0.25) is 0 Å². The van der Waals surface area contributed by atoms with Gasteiger partial charge in [0.25, 0.3) is 0 Å². The first-order valence-electron chi connectivity index (χ1n) is 3.09. The SMILES string of the molecule is CO[P+]1([O-])CCC(CI)O1. The van der Waals surface area contributed by atoms with E-state index in [1.54, 1.807) is 0 Å². The second kappa shape index (κ2) is 3.63. The third-order valence-electron chi connectivity index (χ3n) is 1.48. The lowest BCUT2D eigenvalue weighted by molar-refractivity contribution is -0.214. The van der Waals surface area contributed by atoms with Crippen LogP contribution >= 0.6 is 30.5 Å². The predicted octanol–water partition coefficient (Wildman–Crippen LogP) is 0.980. The van der Waals surface area contributed by atoms with Crippen molar-refractivity contribution in [3.8, 4) is 0 Å². The molecule has 5 heteroatoms. The molecular formula is C5H10IO3P. The zero-order valence-electron chi connectivity index (χ0n) is 5.75. The van der Waals surface area contributed by atoms with Gasteiger partial charge in [-0.1, -0.05) is 22.6 Å². The van der Waals surface area contributed by atoms with Gasteiger partial charge in [0.1, 0.15) is 12.3 Å². The van der Waals surface area contributed by atoms with Crippen molar-refractivity contribution in [2.75, 3.05) is 17.7 Å². The second-order valence-corrected chi connectivity index (χ2v) is 5.31. The van der Waals surface area contributed by atoms with Gasteiger partial charge in [0.2, 0.25) is 7.94 Å². The fourth-order valence-corrected chi connectivity index (χ4v) is 3.39. The van der Waals surface area contributed by atoms with Gasteiger partial charge >= 0.3 is 0 Å². The summed E-state index contributed by atoms with van der Waals surface area (Å²) in [6.07, 6.45) is 1.59. The summed E-state index contributed by atoms with van der Waals surface area (Å²) < 4.78 is 10.8. The van der Waals surface area contributed by atoms with Crippen LogP contribution in [0.25, 0.3) is 0 Å². The molecule has 3 nitrogen and oxygen atoms in total. The topological polar surface area (TPSA) is 41.5 Å². The van der Waals surface area contributed by atoms with E-state index in [0.717, 1.165) is 10.8 Å². The molecule has 0 radical (unpaired) electrons. The minimum absolute atomic E-state index is 0.145. The molecule has 0 N–H and O–H groups in total. The standard InChI is InChI=1S/C5H10IO3P/c1-8-10(7)3-2-5(4-6)9-10/h5H,2-4H2,1H3. The molecule has 0 amide bonds. The van der Waals surface area contributed by atoms with Gasteiger partial charge in [-0.2, -0.15) is 0 Å². The number of hydrogen-bond donors (Lipinski definition) is 0. The Kier molecular flexibility index (Phi) is 3.31. The maximum Gasteiger partial charge on any atom is 0.237 e. The van der Waals surface area contributed by atoms with Crippen molar-refractivity contribution in [1.29, 1.82) is 0 Å². The molecule has 2 unspecified atom stereocenters. The maximum atomic E-state index is 11.3. The summed E-state index contributed by atoms with van der Waals surface area (Å²) in [6, 6.07) is 0. The second-order valence-electron chi connectivity index (χ2n) is 2.19. The molecule has 10 heavy (non-hydrogen) atoms. The van der Waals surface area contributed by atoms with E-state index in [1.807, 2.05) is 0 Å². The Labute approximate surface area is 74.8 Å². The molecule has 1 rings (SSSR count). The van der Waals surface area contributed by atoms with E-state index in [1.165, 1.54) is 7.11 Å². The molecule has 0 bridgehead atoms. The van der Waals surface area contributed by atoms with Crippen LogP contribution in [0.3, 0.4) is 0 Å². The molecule has 2 atom stereocenters. The lowest BCUT2D eigenvalue weighted by Gasteiger charge is -2.19. The molecule has 1 saturated heterocycles. The molecule has 1 heterocycles. The number of rotatable bonds is 2. The minimum atomic E-state index is -2.63. The van der Waals surface area contributed by atoms with Crippen LogP contribution in [-0.2, 0) is 9.05 Å². The van der Waals surface area contributed by atoms with Crippen molar-refractivity contribution in [2.24, 2.45) is 0 Å². The summed E-state index contributed by atoms with van der Waals surface area (Å²) in [5.41, 5.74) is 0. The van der Waals surface area contributed by atoms with Gasteiger partial charge in [0, 0.05) is 10.8 Å². The molecule has 0 aromatic rings. The summed E-state index contributed by atoms with van der Waals surface area (Å²) in [5.74, 6) is 0. The number of hydrogen-bond acceptors (Lipinski definition) is 3. The van der Waals surface area contributed by atoms with Crippen molar-refractivity contribution in [2.45, 2.75) is 12.5 Å². The van der Waals surface area contributed by atoms with Crippen LogP contribution in [0.15, 0.2) is 0 Å². The number of alkyl halides is 1. The van der Waals surface area contributed by atoms with Gasteiger partial charge in [0.05, 0.1) is 7.11 Å². The first-order valence-corrected chi connectivity index (χ1v) is 6.35. The van der Waals surface area contributed by atoms with Crippen LogP contribution < -0.4 is 4.89 Å². The summed E-state index contributed by atoms with van der Waals surface area (Å²) >= 11 is 2.22.